The van der Waals surface area contributed by atoms with Gasteiger partial charge >= 0.3 is 5.97 Å². The maximum atomic E-state index is 10.8. The number of carboxylic acid groups (broad SMARTS) is 1. The normalized spacial score (nSPS) is 10.3. The minimum Gasteiger partial charge on any atom is -0.478 e. The molecule has 0 spiro atoms. The lowest BCUT2D eigenvalue weighted by Gasteiger charge is -2.02. The topological polar surface area (TPSA) is 50.2 Å². The van der Waals surface area contributed by atoms with Crippen LogP contribution in [0.1, 0.15) is 16.1 Å². The summed E-state index contributed by atoms with van der Waals surface area (Å²) in [4.78, 5) is 15.1. The first-order valence-corrected chi connectivity index (χ1v) is 6.29. The number of rotatable bonds is 3. The Kier molecular flexibility index (Phi) is 3.26. The summed E-state index contributed by atoms with van der Waals surface area (Å²) >= 11 is 3.18. The zero-order valence-corrected chi connectivity index (χ0v) is 10.1. The van der Waals surface area contributed by atoms with Crippen molar-refractivity contribution in [1.82, 2.24) is 4.98 Å². The van der Waals surface area contributed by atoms with Gasteiger partial charge in [-0.15, -0.1) is 11.3 Å². The molecule has 0 fully saturated rings. The Bertz CT molecular complexity index is 509. The van der Waals surface area contributed by atoms with Crippen LogP contribution in [0.4, 0.5) is 0 Å². The third-order valence-corrected chi connectivity index (χ3v) is 3.96. The zero-order valence-electron chi connectivity index (χ0n) is 8.51. The second-order valence-corrected chi connectivity index (χ2v) is 5.39. The highest BCUT2D eigenvalue weighted by molar-refractivity contribution is 8.01. The molecule has 0 unspecified atom stereocenters. The molecule has 3 nitrogen and oxygen atoms in total. The zero-order chi connectivity index (χ0) is 11.5. The molecule has 2 aromatic heterocycles. The predicted octanol–water partition coefficient (Wildman–Crippen LogP) is 3.30. The number of pyridine rings is 1. The molecule has 0 aromatic carbocycles. The molecule has 2 aromatic rings. The number of nitrogens with zero attached hydrogens (tertiary/aromatic N) is 1. The van der Waals surface area contributed by atoms with Gasteiger partial charge < -0.3 is 5.11 Å². The molecule has 0 aliphatic rings. The third kappa shape index (κ3) is 2.43. The van der Waals surface area contributed by atoms with Gasteiger partial charge in [-0.05, 0) is 30.5 Å². The van der Waals surface area contributed by atoms with Crippen molar-refractivity contribution in [3.8, 4) is 0 Å². The van der Waals surface area contributed by atoms with Crippen LogP contribution in [0.25, 0.3) is 0 Å². The number of aromatic carboxylic acids is 1. The van der Waals surface area contributed by atoms with E-state index < -0.39 is 5.97 Å². The number of carbonyl (C=O) groups is 1. The Morgan fingerprint density at radius 1 is 1.44 bits per heavy atom. The molecule has 0 saturated heterocycles. The average molecular weight is 251 g/mol. The minimum atomic E-state index is -0.933. The molecule has 0 radical (unpaired) electrons. The highest BCUT2D eigenvalue weighted by Crippen LogP contribution is 2.30. The molecule has 1 N–H and O–H groups in total. The molecule has 0 saturated carbocycles. The molecular weight excluding hydrogens is 242 g/mol. The summed E-state index contributed by atoms with van der Waals surface area (Å²) in [6.45, 7) is 1.71. The molecule has 5 heteroatoms. The maximum absolute atomic E-state index is 10.8. The molecule has 0 atom stereocenters. The first-order chi connectivity index (χ1) is 7.66. The fraction of sp³-hybridized carbons (Fsp3) is 0.0909. The molecule has 0 amide bonds. The molecule has 2 rings (SSSR count). The lowest BCUT2D eigenvalue weighted by Crippen LogP contribution is -2.01. The summed E-state index contributed by atoms with van der Waals surface area (Å²) in [5.74, 6) is -0.933. The molecular formula is C11H9NO2S2. The van der Waals surface area contributed by atoms with E-state index in [1.165, 1.54) is 0 Å². The smallest absolute Gasteiger partial charge is 0.337 e. The quantitative estimate of drug-likeness (QED) is 0.909. The average Bonchev–Trinajstić information content (AvgIpc) is 2.70. The monoisotopic (exact) mass is 251 g/mol. The van der Waals surface area contributed by atoms with Crippen molar-refractivity contribution in [3.63, 3.8) is 0 Å². The van der Waals surface area contributed by atoms with Crippen molar-refractivity contribution in [2.75, 3.05) is 0 Å². The van der Waals surface area contributed by atoms with E-state index in [0.717, 1.165) is 9.24 Å². The third-order valence-electron chi connectivity index (χ3n) is 1.99. The van der Waals surface area contributed by atoms with Crippen LogP contribution in [0.2, 0.25) is 0 Å². The standard InChI is InChI=1S/C11H9NO2S2/c1-7-8(11(13)14)4-5-9(12-7)16-10-3-2-6-15-10/h2-6H,1H3,(H,13,14). The van der Waals surface area contributed by atoms with Gasteiger partial charge in [-0.1, -0.05) is 17.8 Å². The lowest BCUT2D eigenvalue weighted by molar-refractivity contribution is 0.0695. The minimum absolute atomic E-state index is 0.260. The number of aromatic nitrogens is 1. The van der Waals surface area contributed by atoms with E-state index in [1.54, 1.807) is 42.2 Å². The molecule has 0 aliphatic carbocycles. The van der Waals surface area contributed by atoms with Gasteiger partial charge in [-0.3, -0.25) is 0 Å². The number of thiophene rings is 1. The molecule has 2 heterocycles. The number of hydrogen-bond acceptors (Lipinski definition) is 4. The first kappa shape index (κ1) is 11.2. The van der Waals surface area contributed by atoms with Crippen molar-refractivity contribution >= 4 is 29.1 Å². The SMILES string of the molecule is Cc1nc(Sc2cccs2)ccc1C(=O)O. The molecule has 0 aliphatic heterocycles. The Morgan fingerprint density at radius 2 is 2.25 bits per heavy atom. The Hall–Kier alpha value is -1.33. The fourth-order valence-electron chi connectivity index (χ4n) is 1.25. The lowest BCUT2D eigenvalue weighted by atomic mass is 10.2. The van der Waals surface area contributed by atoms with Crippen molar-refractivity contribution in [2.24, 2.45) is 0 Å². The van der Waals surface area contributed by atoms with Crippen LogP contribution < -0.4 is 0 Å². The van der Waals surface area contributed by atoms with Gasteiger partial charge in [0.25, 0.3) is 0 Å². The summed E-state index contributed by atoms with van der Waals surface area (Å²) in [6.07, 6.45) is 0. The summed E-state index contributed by atoms with van der Waals surface area (Å²) in [6, 6.07) is 7.32. The fourth-order valence-corrected chi connectivity index (χ4v) is 2.98. The second kappa shape index (κ2) is 4.67. The van der Waals surface area contributed by atoms with Crippen LogP contribution in [0.5, 0.6) is 0 Å². The van der Waals surface area contributed by atoms with Gasteiger partial charge in [0.2, 0.25) is 0 Å². The number of hydrogen-bond donors (Lipinski definition) is 1. The van der Waals surface area contributed by atoms with Gasteiger partial charge in [-0.2, -0.15) is 0 Å². The van der Waals surface area contributed by atoms with E-state index in [1.807, 2.05) is 17.5 Å². The van der Waals surface area contributed by atoms with E-state index in [9.17, 15) is 4.79 Å². The molecule has 82 valence electrons. The number of carboxylic acids is 1. The van der Waals surface area contributed by atoms with Gasteiger partial charge in [0.05, 0.1) is 15.5 Å². The first-order valence-electron chi connectivity index (χ1n) is 4.59. The number of aryl methyl sites for hydroxylation is 1. The maximum Gasteiger partial charge on any atom is 0.337 e. The highest BCUT2D eigenvalue weighted by Gasteiger charge is 2.09. The van der Waals surface area contributed by atoms with Crippen LogP contribution in [-0.2, 0) is 0 Å². The van der Waals surface area contributed by atoms with Gasteiger partial charge in [0, 0.05) is 0 Å². The van der Waals surface area contributed by atoms with Crippen LogP contribution in [0, 0.1) is 6.92 Å². The van der Waals surface area contributed by atoms with Crippen LogP contribution in [0.15, 0.2) is 38.9 Å². The summed E-state index contributed by atoms with van der Waals surface area (Å²) < 4.78 is 1.15. The van der Waals surface area contributed by atoms with Crippen molar-refractivity contribution in [3.05, 3.63) is 40.9 Å². The van der Waals surface area contributed by atoms with Crippen LogP contribution in [0.3, 0.4) is 0 Å². The Labute approximate surface area is 101 Å². The van der Waals surface area contributed by atoms with E-state index in [2.05, 4.69) is 4.98 Å². The van der Waals surface area contributed by atoms with Crippen molar-refractivity contribution < 1.29 is 9.90 Å². The summed E-state index contributed by atoms with van der Waals surface area (Å²) in [5.41, 5.74) is 0.810. The Morgan fingerprint density at radius 3 is 2.81 bits per heavy atom. The van der Waals surface area contributed by atoms with Crippen molar-refractivity contribution in [2.45, 2.75) is 16.2 Å². The van der Waals surface area contributed by atoms with Crippen molar-refractivity contribution in [1.29, 1.82) is 0 Å². The van der Waals surface area contributed by atoms with E-state index in [4.69, 9.17) is 5.11 Å². The Balaban J connectivity index is 2.24. The van der Waals surface area contributed by atoms with Gasteiger partial charge in [0.1, 0.15) is 5.03 Å². The molecule has 16 heavy (non-hydrogen) atoms. The largest absolute Gasteiger partial charge is 0.478 e. The highest BCUT2D eigenvalue weighted by atomic mass is 32.2. The van der Waals surface area contributed by atoms with Gasteiger partial charge in [-0.25, -0.2) is 9.78 Å². The van der Waals surface area contributed by atoms with E-state index in [0.29, 0.717) is 5.69 Å². The molecule has 0 bridgehead atoms. The second-order valence-electron chi connectivity index (χ2n) is 3.12. The van der Waals surface area contributed by atoms with Crippen LogP contribution in [-0.4, -0.2) is 16.1 Å². The van der Waals surface area contributed by atoms with Crippen LogP contribution >= 0.6 is 23.1 Å². The predicted molar refractivity (Wildman–Crippen MR) is 64.4 cm³/mol. The van der Waals surface area contributed by atoms with E-state index >= 15 is 0 Å². The van der Waals surface area contributed by atoms with Gasteiger partial charge in [0.15, 0.2) is 0 Å². The summed E-state index contributed by atoms with van der Waals surface area (Å²) in [5, 5.41) is 11.7. The summed E-state index contributed by atoms with van der Waals surface area (Å²) in [7, 11) is 0. The van der Waals surface area contributed by atoms with E-state index in [-0.39, 0.29) is 5.56 Å².